The number of alkyl halides is 3. The van der Waals surface area contributed by atoms with Crippen LogP contribution in [0.5, 0.6) is 0 Å². The molecule has 18 heavy (non-hydrogen) atoms. The van der Waals surface area contributed by atoms with Gasteiger partial charge in [0.05, 0.1) is 12.3 Å². The van der Waals surface area contributed by atoms with Gasteiger partial charge in [0, 0.05) is 11.8 Å². The number of hydrogen-bond acceptors (Lipinski definition) is 2. The van der Waals surface area contributed by atoms with E-state index >= 15 is 0 Å². The zero-order chi connectivity index (χ0) is 13.3. The SMILES string of the molecule is Cc1ccc(CO)c(-n2ccc(C(F)(F)F)n2)c1. The molecule has 0 unspecified atom stereocenters. The van der Waals surface area contributed by atoms with Crippen LogP contribution in [0.25, 0.3) is 5.69 Å². The van der Waals surface area contributed by atoms with Gasteiger partial charge in [-0.15, -0.1) is 0 Å². The molecule has 0 aliphatic heterocycles. The third kappa shape index (κ3) is 2.38. The number of hydrogen-bond donors (Lipinski definition) is 1. The Labute approximate surface area is 101 Å². The Balaban J connectivity index is 2.49. The summed E-state index contributed by atoms with van der Waals surface area (Å²) in [5, 5.41) is 12.7. The fourth-order valence-electron chi connectivity index (χ4n) is 1.63. The molecule has 0 aliphatic rings. The number of rotatable bonds is 2. The van der Waals surface area contributed by atoms with E-state index in [1.165, 1.54) is 6.20 Å². The van der Waals surface area contributed by atoms with Gasteiger partial charge in [-0.1, -0.05) is 12.1 Å². The number of aliphatic hydroxyl groups is 1. The number of halogens is 3. The van der Waals surface area contributed by atoms with Crippen LogP contribution in [0.2, 0.25) is 0 Å². The summed E-state index contributed by atoms with van der Waals surface area (Å²) >= 11 is 0. The smallest absolute Gasteiger partial charge is 0.392 e. The van der Waals surface area contributed by atoms with Crippen LogP contribution in [0.3, 0.4) is 0 Å². The van der Waals surface area contributed by atoms with Gasteiger partial charge in [-0.2, -0.15) is 18.3 Å². The van der Waals surface area contributed by atoms with Crippen molar-refractivity contribution in [3.8, 4) is 5.69 Å². The summed E-state index contributed by atoms with van der Waals surface area (Å²) in [5.41, 5.74) is 0.907. The molecule has 0 bridgehead atoms. The Kier molecular flexibility index (Phi) is 3.13. The van der Waals surface area contributed by atoms with Gasteiger partial charge in [-0.3, -0.25) is 0 Å². The van der Waals surface area contributed by atoms with E-state index < -0.39 is 11.9 Å². The molecule has 6 heteroatoms. The van der Waals surface area contributed by atoms with Gasteiger partial charge in [0.1, 0.15) is 0 Å². The first-order valence-electron chi connectivity index (χ1n) is 5.25. The van der Waals surface area contributed by atoms with Gasteiger partial charge in [-0.25, -0.2) is 4.68 Å². The van der Waals surface area contributed by atoms with Gasteiger partial charge in [0.15, 0.2) is 5.69 Å². The lowest BCUT2D eigenvalue weighted by Crippen LogP contribution is -2.08. The number of aryl methyl sites for hydroxylation is 1. The maximum absolute atomic E-state index is 12.5. The predicted octanol–water partition coefficient (Wildman–Crippen LogP) is 2.69. The van der Waals surface area contributed by atoms with Gasteiger partial charge < -0.3 is 5.11 Å². The molecule has 2 rings (SSSR count). The third-order valence-corrected chi connectivity index (χ3v) is 2.54. The second kappa shape index (κ2) is 4.45. The van der Waals surface area contributed by atoms with Crippen molar-refractivity contribution >= 4 is 0 Å². The molecule has 0 aliphatic carbocycles. The first kappa shape index (κ1) is 12.6. The molecule has 0 fully saturated rings. The Morgan fingerprint density at radius 3 is 2.56 bits per heavy atom. The van der Waals surface area contributed by atoms with Crippen LogP contribution in [-0.2, 0) is 12.8 Å². The molecule has 0 amide bonds. The molecular formula is C12H11F3N2O. The van der Waals surface area contributed by atoms with E-state index in [0.29, 0.717) is 11.3 Å². The molecule has 1 N–H and O–H groups in total. The third-order valence-electron chi connectivity index (χ3n) is 2.54. The number of aliphatic hydroxyl groups excluding tert-OH is 1. The van der Waals surface area contributed by atoms with Crippen LogP contribution >= 0.6 is 0 Å². The van der Waals surface area contributed by atoms with Crippen molar-refractivity contribution in [2.24, 2.45) is 0 Å². The molecule has 2 aromatic rings. The van der Waals surface area contributed by atoms with Crippen LogP contribution in [0, 0.1) is 6.92 Å². The van der Waals surface area contributed by atoms with E-state index in [1.54, 1.807) is 18.2 Å². The van der Waals surface area contributed by atoms with E-state index in [9.17, 15) is 18.3 Å². The van der Waals surface area contributed by atoms with Crippen LogP contribution in [0.4, 0.5) is 13.2 Å². The minimum Gasteiger partial charge on any atom is -0.392 e. The minimum atomic E-state index is -4.46. The average molecular weight is 256 g/mol. The number of benzene rings is 1. The summed E-state index contributed by atoms with van der Waals surface area (Å²) in [7, 11) is 0. The zero-order valence-corrected chi connectivity index (χ0v) is 9.57. The van der Waals surface area contributed by atoms with Crippen molar-refractivity contribution in [1.29, 1.82) is 0 Å². The molecule has 1 heterocycles. The fraction of sp³-hybridized carbons (Fsp3) is 0.250. The van der Waals surface area contributed by atoms with E-state index in [2.05, 4.69) is 5.10 Å². The minimum absolute atomic E-state index is 0.253. The second-order valence-electron chi connectivity index (χ2n) is 3.93. The van der Waals surface area contributed by atoms with Crippen molar-refractivity contribution in [3.05, 3.63) is 47.3 Å². The second-order valence-corrected chi connectivity index (χ2v) is 3.93. The average Bonchev–Trinajstić information content (AvgIpc) is 2.77. The van der Waals surface area contributed by atoms with Crippen LogP contribution in [0.1, 0.15) is 16.8 Å². The lowest BCUT2D eigenvalue weighted by molar-refractivity contribution is -0.141. The van der Waals surface area contributed by atoms with Crippen molar-refractivity contribution < 1.29 is 18.3 Å². The summed E-state index contributed by atoms with van der Waals surface area (Å²) in [6, 6.07) is 6.03. The molecule has 0 saturated carbocycles. The normalized spacial score (nSPS) is 11.8. The van der Waals surface area contributed by atoms with Gasteiger partial charge >= 0.3 is 6.18 Å². The van der Waals surface area contributed by atoms with Gasteiger partial charge in [0.2, 0.25) is 0 Å². The molecule has 3 nitrogen and oxygen atoms in total. The number of aromatic nitrogens is 2. The maximum atomic E-state index is 12.5. The van der Waals surface area contributed by atoms with Crippen LogP contribution < -0.4 is 0 Å². The summed E-state index contributed by atoms with van der Waals surface area (Å²) < 4.78 is 38.5. The quantitative estimate of drug-likeness (QED) is 0.897. The monoisotopic (exact) mass is 256 g/mol. The molecule has 1 aromatic heterocycles. The highest BCUT2D eigenvalue weighted by Gasteiger charge is 2.33. The first-order valence-corrected chi connectivity index (χ1v) is 5.25. The Bertz CT molecular complexity index is 561. The van der Waals surface area contributed by atoms with Crippen molar-refractivity contribution in [1.82, 2.24) is 9.78 Å². The summed E-state index contributed by atoms with van der Waals surface area (Å²) in [4.78, 5) is 0. The Morgan fingerprint density at radius 1 is 1.28 bits per heavy atom. The molecular weight excluding hydrogens is 245 g/mol. The molecule has 0 atom stereocenters. The zero-order valence-electron chi connectivity index (χ0n) is 9.57. The van der Waals surface area contributed by atoms with Gasteiger partial charge in [0.25, 0.3) is 0 Å². The highest BCUT2D eigenvalue weighted by Crippen LogP contribution is 2.28. The highest BCUT2D eigenvalue weighted by atomic mass is 19.4. The number of nitrogens with zero attached hydrogens (tertiary/aromatic N) is 2. The molecule has 1 aromatic carbocycles. The topological polar surface area (TPSA) is 38.0 Å². The lowest BCUT2D eigenvalue weighted by atomic mass is 10.1. The largest absolute Gasteiger partial charge is 0.435 e. The van der Waals surface area contributed by atoms with Gasteiger partial charge in [-0.05, 0) is 24.6 Å². The van der Waals surface area contributed by atoms with E-state index in [0.717, 1.165) is 16.3 Å². The predicted molar refractivity (Wildman–Crippen MR) is 59.2 cm³/mol. The maximum Gasteiger partial charge on any atom is 0.435 e. The standard InChI is InChI=1S/C12H11F3N2O/c1-8-2-3-9(7-18)10(6-8)17-5-4-11(16-17)12(13,14)15/h2-6,18H,7H2,1H3. The van der Waals surface area contributed by atoms with Crippen molar-refractivity contribution in [2.45, 2.75) is 19.7 Å². The highest BCUT2D eigenvalue weighted by molar-refractivity contribution is 5.43. The van der Waals surface area contributed by atoms with Crippen molar-refractivity contribution in [2.75, 3.05) is 0 Å². The summed E-state index contributed by atoms with van der Waals surface area (Å²) in [5.74, 6) is 0. The van der Waals surface area contributed by atoms with E-state index in [4.69, 9.17) is 0 Å². The van der Waals surface area contributed by atoms with Crippen LogP contribution in [0.15, 0.2) is 30.5 Å². The Morgan fingerprint density at radius 2 is 2.00 bits per heavy atom. The van der Waals surface area contributed by atoms with E-state index in [-0.39, 0.29) is 6.61 Å². The fourth-order valence-corrected chi connectivity index (χ4v) is 1.63. The summed E-state index contributed by atoms with van der Waals surface area (Å²) in [6.07, 6.45) is -3.23. The first-order chi connectivity index (χ1) is 8.41. The molecule has 0 radical (unpaired) electrons. The van der Waals surface area contributed by atoms with Crippen LogP contribution in [-0.4, -0.2) is 14.9 Å². The van der Waals surface area contributed by atoms with E-state index in [1.807, 2.05) is 6.92 Å². The Hall–Kier alpha value is -1.82. The molecule has 0 spiro atoms. The van der Waals surface area contributed by atoms with Crippen molar-refractivity contribution in [3.63, 3.8) is 0 Å². The molecule has 96 valence electrons. The lowest BCUT2D eigenvalue weighted by Gasteiger charge is -2.08. The summed E-state index contributed by atoms with van der Waals surface area (Å²) in [6.45, 7) is 1.57. The molecule has 0 saturated heterocycles.